The topological polar surface area (TPSA) is 59.0 Å². The monoisotopic (exact) mass is 271 g/mol. The predicted octanol–water partition coefficient (Wildman–Crippen LogP) is 0.873. The number of hydrogen-bond donors (Lipinski definition) is 1. The molecule has 0 radical (unpaired) electrons. The lowest BCUT2D eigenvalue weighted by atomic mass is 10.4. The van der Waals surface area contributed by atoms with Crippen molar-refractivity contribution in [1.82, 2.24) is 4.90 Å². The van der Waals surface area contributed by atoms with Gasteiger partial charge in [0.1, 0.15) is 0 Å². The van der Waals surface area contributed by atoms with Crippen LogP contribution in [0.1, 0.15) is 20.8 Å². The second kappa shape index (κ2) is 6.84. The molecule has 0 aromatic heterocycles. The molecule has 0 fully saturated rings. The highest BCUT2D eigenvalue weighted by atomic mass is 28.4. The van der Waals surface area contributed by atoms with Crippen molar-refractivity contribution in [1.29, 1.82) is 0 Å². The van der Waals surface area contributed by atoms with Crippen LogP contribution in [0.2, 0.25) is 0 Å². The smallest absolute Gasteiger partial charge is 0.389 e. The van der Waals surface area contributed by atoms with E-state index in [0.717, 1.165) is 0 Å². The normalized spacial score (nSPS) is 18.0. The van der Waals surface area contributed by atoms with Crippen LogP contribution >= 0.6 is 0 Å². The minimum Gasteiger partial charge on any atom is -0.389 e. The van der Waals surface area contributed by atoms with E-state index < -0.39 is 14.5 Å². The molecule has 1 aliphatic rings. The quantitative estimate of drug-likeness (QED) is 0.728. The number of allylic oxidation sites excluding steroid dienone is 2. The molecule has 0 aliphatic carbocycles. The molecule has 0 saturated carbocycles. The summed E-state index contributed by atoms with van der Waals surface area (Å²) < 4.78 is 10.8. The lowest BCUT2D eigenvalue weighted by Crippen LogP contribution is -2.61. The summed E-state index contributed by atoms with van der Waals surface area (Å²) in [4.78, 5) is 24.0. The number of nitrogens with zero attached hydrogens (tertiary/aromatic N) is 1. The van der Waals surface area contributed by atoms with Gasteiger partial charge in [-0.25, -0.2) is 0 Å². The van der Waals surface area contributed by atoms with Crippen molar-refractivity contribution in [2.75, 3.05) is 19.8 Å². The first-order valence-electron chi connectivity index (χ1n) is 6.19. The van der Waals surface area contributed by atoms with Crippen molar-refractivity contribution in [3.8, 4) is 0 Å². The Kier molecular flexibility index (Phi) is 5.74. The van der Waals surface area contributed by atoms with Crippen LogP contribution in [0.5, 0.6) is 0 Å². The van der Waals surface area contributed by atoms with Crippen molar-refractivity contribution in [2.45, 2.75) is 26.4 Å². The van der Waals surface area contributed by atoms with Gasteiger partial charge in [0.25, 0.3) is 0 Å². The molecule has 0 bridgehead atoms. The summed E-state index contributed by atoms with van der Waals surface area (Å²) in [5, 5.41) is 0. The van der Waals surface area contributed by atoms with Crippen molar-refractivity contribution in [2.24, 2.45) is 0 Å². The molecule has 1 rings (SSSR count). The number of carbonyl (C=O) groups excluding carboxylic acids is 1. The molecule has 1 aliphatic heterocycles. The van der Waals surface area contributed by atoms with Gasteiger partial charge in [-0.05, 0) is 20.8 Å². The van der Waals surface area contributed by atoms with Gasteiger partial charge in [0, 0.05) is 25.8 Å². The molecule has 1 atom stereocenters. The standard InChI is InChI=1S/C12H21NO4Si/c1-4-16-18(15,17-5-2)11(3)13-10-8-6-7-9-12(13)14/h6-9,11,15H,4-5,10H2,1-3H3. The highest BCUT2D eigenvalue weighted by Crippen LogP contribution is 2.17. The Hall–Kier alpha value is -0.953. The van der Waals surface area contributed by atoms with Crippen molar-refractivity contribution < 1.29 is 18.4 Å². The van der Waals surface area contributed by atoms with E-state index in [1.165, 1.54) is 6.08 Å². The third kappa shape index (κ3) is 3.52. The van der Waals surface area contributed by atoms with E-state index in [2.05, 4.69) is 0 Å². The Morgan fingerprint density at radius 1 is 1.39 bits per heavy atom. The van der Waals surface area contributed by atoms with Crippen molar-refractivity contribution in [3.63, 3.8) is 0 Å². The number of carbonyl (C=O) groups is 1. The van der Waals surface area contributed by atoms with Gasteiger partial charge in [-0.3, -0.25) is 4.79 Å². The van der Waals surface area contributed by atoms with Crippen LogP contribution in [0.15, 0.2) is 24.3 Å². The number of amides is 1. The SMILES string of the molecule is CCO[Si](O)(OCC)C(C)N1CC=CC=CC1=O. The summed E-state index contributed by atoms with van der Waals surface area (Å²) in [6.07, 6.45) is 6.85. The molecule has 1 heterocycles. The van der Waals surface area contributed by atoms with Crippen molar-refractivity contribution in [3.05, 3.63) is 24.3 Å². The van der Waals surface area contributed by atoms with Gasteiger partial charge in [0.2, 0.25) is 5.91 Å². The fraction of sp³-hybridized carbons (Fsp3) is 0.583. The van der Waals surface area contributed by atoms with E-state index in [1.807, 2.05) is 12.2 Å². The zero-order chi connectivity index (χ0) is 13.6. The minimum atomic E-state index is -3.37. The van der Waals surface area contributed by atoms with Crippen LogP contribution in [-0.2, 0) is 13.6 Å². The summed E-state index contributed by atoms with van der Waals surface area (Å²) in [6.45, 7) is 6.54. The Morgan fingerprint density at radius 3 is 2.56 bits per heavy atom. The predicted molar refractivity (Wildman–Crippen MR) is 70.7 cm³/mol. The van der Waals surface area contributed by atoms with E-state index in [0.29, 0.717) is 19.8 Å². The first kappa shape index (κ1) is 15.1. The summed E-state index contributed by atoms with van der Waals surface area (Å²) >= 11 is 0. The van der Waals surface area contributed by atoms with Gasteiger partial charge in [-0.2, -0.15) is 0 Å². The van der Waals surface area contributed by atoms with E-state index in [1.54, 1.807) is 31.7 Å². The average Bonchev–Trinajstić information content (AvgIpc) is 2.53. The molecule has 1 amide bonds. The molecule has 1 unspecified atom stereocenters. The fourth-order valence-corrected chi connectivity index (χ4v) is 3.84. The van der Waals surface area contributed by atoms with Crippen LogP contribution in [0, 0.1) is 0 Å². The zero-order valence-corrected chi connectivity index (χ0v) is 12.1. The average molecular weight is 271 g/mol. The molecule has 0 saturated heterocycles. The maximum atomic E-state index is 11.9. The molecule has 102 valence electrons. The fourth-order valence-electron chi connectivity index (χ4n) is 1.82. The molecule has 6 heteroatoms. The van der Waals surface area contributed by atoms with Gasteiger partial charge in [-0.1, -0.05) is 18.2 Å². The molecule has 18 heavy (non-hydrogen) atoms. The van der Waals surface area contributed by atoms with Gasteiger partial charge < -0.3 is 18.5 Å². The minimum absolute atomic E-state index is 0.141. The lowest BCUT2D eigenvalue weighted by Gasteiger charge is -2.35. The molecule has 1 N–H and O–H groups in total. The molecular formula is C12H21NO4Si. The van der Waals surface area contributed by atoms with Gasteiger partial charge in [-0.15, -0.1) is 0 Å². The first-order chi connectivity index (χ1) is 8.55. The Balaban J connectivity index is 2.87. The number of hydrogen-bond acceptors (Lipinski definition) is 4. The Morgan fingerprint density at radius 2 is 2.00 bits per heavy atom. The molecule has 0 aromatic rings. The third-order valence-electron chi connectivity index (χ3n) is 2.77. The van der Waals surface area contributed by atoms with Gasteiger partial charge in [0.15, 0.2) is 0 Å². The van der Waals surface area contributed by atoms with E-state index >= 15 is 0 Å². The molecule has 0 spiro atoms. The van der Waals surface area contributed by atoms with Gasteiger partial charge >= 0.3 is 8.80 Å². The number of rotatable bonds is 6. The van der Waals surface area contributed by atoms with Crippen LogP contribution in [0.4, 0.5) is 0 Å². The van der Waals surface area contributed by atoms with Crippen LogP contribution in [0.3, 0.4) is 0 Å². The largest absolute Gasteiger partial charge is 0.521 e. The highest BCUT2D eigenvalue weighted by molar-refractivity contribution is 6.61. The van der Waals surface area contributed by atoms with E-state index in [4.69, 9.17) is 8.85 Å². The Bertz CT molecular complexity index is 337. The van der Waals surface area contributed by atoms with E-state index in [9.17, 15) is 9.59 Å². The van der Waals surface area contributed by atoms with Crippen molar-refractivity contribution >= 4 is 14.7 Å². The summed E-state index contributed by atoms with van der Waals surface area (Å²) in [5.74, 6) is -0.141. The molecule has 5 nitrogen and oxygen atoms in total. The van der Waals surface area contributed by atoms with Crippen LogP contribution in [-0.4, -0.2) is 49.8 Å². The summed E-state index contributed by atoms with van der Waals surface area (Å²) in [7, 11) is -3.37. The van der Waals surface area contributed by atoms with Crippen LogP contribution < -0.4 is 0 Å². The Labute approximate surface area is 109 Å². The molecule has 0 aromatic carbocycles. The third-order valence-corrected chi connectivity index (χ3v) is 5.54. The maximum Gasteiger partial charge on any atom is 0.521 e. The molecular weight excluding hydrogens is 250 g/mol. The first-order valence-corrected chi connectivity index (χ1v) is 8.03. The zero-order valence-electron chi connectivity index (χ0n) is 11.1. The second-order valence-corrected chi connectivity index (χ2v) is 6.62. The van der Waals surface area contributed by atoms with E-state index in [-0.39, 0.29) is 5.91 Å². The van der Waals surface area contributed by atoms with Crippen LogP contribution in [0.25, 0.3) is 0 Å². The maximum absolute atomic E-state index is 11.9. The lowest BCUT2D eigenvalue weighted by molar-refractivity contribution is -0.127. The summed E-state index contributed by atoms with van der Waals surface area (Å²) in [6, 6.07) is 0. The van der Waals surface area contributed by atoms with Gasteiger partial charge in [0.05, 0.1) is 5.67 Å². The second-order valence-electron chi connectivity index (χ2n) is 3.95. The summed E-state index contributed by atoms with van der Waals surface area (Å²) in [5.41, 5.74) is -0.461. The highest BCUT2D eigenvalue weighted by Gasteiger charge is 2.47.